The zero-order valence-electron chi connectivity index (χ0n) is 7.93. The highest BCUT2D eigenvalue weighted by Crippen LogP contribution is 2.23. The molecule has 0 saturated heterocycles. The summed E-state index contributed by atoms with van der Waals surface area (Å²) in [5, 5.41) is 0. The maximum atomic E-state index is 13.6. The lowest BCUT2D eigenvalue weighted by atomic mass is 10.1. The van der Waals surface area contributed by atoms with Gasteiger partial charge in [-0.05, 0) is 18.6 Å². The maximum absolute atomic E-state index is 13.6. The quantitative estimate of drug-likeness (QED) is 0.765. The predicted octanol–water partition coefficient (Wildman–Crippen LogP) is 2.94. The Morgan fingerprint density at radius 2 is 2.21 bits per heavy atom. The minimum absolute atomic E-state index is 0.0208. The summed E-state index contributed by atoms with van der Waals surface area (Å²) in [7, 11) is 1.23. The number of ether oxygens (including phenoxy) is 1. The van der Waals surface area contributed by atoms with Gasteiger partial charge in [0.1, 0.15) is 5.82 Å². The lowest BCUT2D eigenvalue weighted by molar-refractivity contribution is 0.0595. The van der Waals surface area contributed by atoms with E-state index in [-0.39, 0.29) is 5.56 Å². The van der Waals surface area contributed by atoms with E-state index in [2.05, 4.69) is 20.7 Å². The molecule has 0 saturated carbocycles. The van der Waals surface area contributed by atoms with E-state index in [1.54, 1.807) is 6.07 Å². The van der Waals surface area contributed by atoms with Crippen LogP contribution in [-0.4, -0.2) is 13.1 Å². The fourth-order valence-electron chi connectivity index (χ4n) is 1.19. The van der Waals surface area contributed by atoms with Crippen molar-refractivity contribution in [2.24, 2.45) is 0 Å². The van der Waals surface area contributed by atoms with Crippen molar-refractivity contribution in [3.05, 3.63) is 33.5 Å². The average Bonchev–Trinajstić information content (AvgIpc) is 2.18. The standard InChI is InChI=1S/C10H10BrFO2/c1-3-6-8(11)5-4-7(9(6)12)10(13)14-2/h4-5H,3H2,1-2H3. The summed E-state index contributed by atoms with van der Waals surface area (Å²) in [6, 6.07) is 3.05. The van der Waals surface area contributed by atoms with Gasteiger partial charge in [0.05, 0.1) is 12.7 Å². The Hall–Kier alpha value is -0.900. The Kier molecular flexibility index (Phi) is 3.63. The summed E-state index contributed by atoms with van der Waals surface area (Å²) in [5.41, 5.74) is 0.473. The zero-order valence-corrected chi connectivity index (χ0v) is 9.52. The molecule has 0 aliphatic rings. The van der Waals surface area contributed by atoms with E-state index in [4.69, 9.17) is 0 Å². The number of benzene rings is 1. The highest BCUT2D eigenvalue weighted by atomic mass is 79.9. The maximum Gasteiger partial charge on any atom is 0.340 e. The smallest absolute Gasteiger partial charge is 0.340 e. The van der Waals surface area contributed by atoms with Crippen LogP contribution in [0.2, 0.25) is 0 Å². The molecule has 0 N–H and O–H groups in total. The summed E-state index contributed by atoms with van der Waals surface area (Å²) >= 11 is 3.22. The van der Waals surface area contributed by atoms with Gasteiger partial charge in [0.2, 0.25) is 0 Å². The first-order valence-corrected chi connectivity index (χ1v) is 4.96. The normalized spacial score (nSPS) is 10.0. The van der Waals surface area contributed by atoms with Gasteiger partial charge >= 0.3 is 5.97 Å². The SMILES string of the molecule is CCc1c(Br)ccc(C(=O)OC)c1F. The van der Waals surface area contributed by atoms with Crippen LogP contribution in [0.3, 0.4) is 0 Å². The summed E-state index contributed by atoms with van der Waals surface area (Å²) < 4.78 is 18.8. The van der Waals surface area contributed by atoms with Crippen molar-refractivity contribution >= 4 is 21.9 Å². The summed E-state index contributed by atoms with van der Waals surface area (Å²) in [6.07, 6.45) is 0.525. The molecule has 1 rings (SSSR count). The van der Waals surface area contributed by atoms with Crippen LogP contribution in [0.5, 0.6) is 0 Å². The van der Waals surface area contributed by atoms with E-state index in [9.17, 15) is 9.18 Å². The Balaban J connectivity index is 3.28. The van der Waals surface area contributed by atoms with Crippen molar-refractivity contribution in [2.45, 2.75) is 13.3 Å². The molecular formula is C10H10BrFO2. The number of carbonyl (C=O) groups excluding carboxylic acids is 1. The second-order valence-corrected chi connectivity index (χ2v) is 3.59. The molecule has 0 aliphatic heterocycles. The van der Waals surface area contributed by atoms with Crippen LogP contribution in [0.25, 0.3) is 0 Å². The molecule has 0 radical (unpaired) electrons. The van der Waals surface area contributed by atoms with Crippen LogP contribution in [0.1, 0.15) is 22.8 Å². The van der Waals surface area contributed by atoms with Crippen LogP contribution in [0, 0.1) is 5.82 Å². The van der Waals surface area contributed by atoms with Gasteiger partial charge in [0.25, 0.3) is 0 Å². The van der Waals surface area contributed by atoms with E-state index in [1.165, 1.54) is 13.2 Å². The molecule has 0 atom stereocenters. The zero-order chi connectivity index (χ0) is 10.7. The van der Waals surface area contributed by atoms with Crippen molar-refractivity contribution < 1.29 is 13.9 Å². The predicted molar refractivity (Wildman–Crippen MR) is 54.8 cm³/mol. The minimum Gasteiger partial charge on any atom is -0.465 e. The molecule has 0 amide bonds. The molecule has 76 valence electrons. The van der Waals surface area contributed by atoms with Gasteiger partial charge in [-0.25, -0.2) is 9.18 Å². The fraction of sp³-hybridized carbons (Fsp3) is 0.300. The van der Waals surface area contributed by atoms with Gasteiger partial charge in [-0.15, -0.1) is 0 Å². The van der Waals surface area contributed by atoms with Crippen LogP contribution in [0.4, 0.5) is 4.39 Å². The first-order valence-electron chi connectivity index (χ1n) is 4.17. The van der Waals surface area contributed by atoms with Crippen molar-refractivity contribution in [3.63, 3.8) is 0 Å². The topological polar surface area (TPSA) is 26.3 Å². The third-order valence-electron chi connectivity index (χ3n) is 1.94. The average molecular weight is 261 g/mol. The second-order valence-electron chi connectivity index (χ2n) is 2.73. The first-order chi connectivity index (χ1) is 6.61. The molecule has 14 heavy (non-hydrogen) atoms. The molecule has 0 unspecified atom stereocenters. The fourth-order valence-corrected chi connectivity index (χ4v) is 1.78. The molecule has 0 spiro atoms. The van der Waals surface area contributed by atoms with Crippen molar-refractivity contribution in [2.75, 3.05) is 7.11 Å². The van der Waals surface area contributed by atoms with E-state index < -0.39 is 11.8 Å². The lowest BCUT2D eigenvalue weighted by Crippen LogP contribution is -2.06. The van der Waals surface area contributed by atoms with Crippen molar-refractivity contribution in [1.82, 2.24) is 0 Å². The van der Waals surface area contributed by atoms with Crippen molar-refractivity contribution in [1.29, 1.82) is 0 Å². The number of halogens is 2. The molecule has 2 nitrogen and oxygen atoms in total. The van der Waals surface area contributed by atoms with Crippen LogP contribution in [-0.2, 0) is 11.2 Å². The van der Waals surface area contributed by atoms with Gasteiger partial charge in [0.15, 0.2) is 0 Å². The monoisotopic (exact) mass is 260 g/mol. The third kappa shape index (κ3) is 1.95. The van der Waals surface area contributed by atoms with Crippen molar-refractivity contribution in [3.8, 4) is 0 Å². The number of hydrogen-bond acceptors (Lipinski definition) is 2. The summed E-state index contributed by atoms with van der Waals surface area (Å²) in [6.45, 7) is 1.82. The Labute approximate surface area is 90.2 Å². The molecule has 0 bridgehead atoms. The van der Waals surface area contributed by atoms with E-state index in [0.29, 0.717) is 16.5 Å². The van der Waals surface area contributed by atoms with Gasteiger partial charge in [-0.2, -0.15) is 0 Å². The van der Waals surface area contributed by atoms with Gasteiger partial charge < -0.3 is 4.74 Å². The minimum atomic E-state index is -0.648. The molecule has 4 heteroatoms. The van der Waals surface area contributed by atoms with Crippen LogP contribution < -0.4 is 0 Å². The molecule has 0 heterocycles. The summed E-state index contributed by atoms with van der Waals surface area (Å²) in [5.74, 6) is -1.15. The molecule has 1 aromatic carbocycles. The highest BCUT2D eigenvalue weighted by molar-refractivity contribution is 9.10. The lowest BCUT2D eigenvalue weighted by Gasteiger charge is -2.07. The molecule has 1 aromatic rings. The second kappa shape index (κ2) is 4.55. The highest BCUT2D eigenvalue weighted by Gasteiger charge is 2.16. The molecular weight excluding hydrogens is 251 g/mol. The Morgan fingerprint density at radius 1 is 1.57 bits per heavy atom. The van der Waals surface area contributed by atoms with E-state index >= 15 is 0 Å². The number of rotatable bonds is 2. The Bertz CT molecular complexity index is 363. The third-order valence-corrected chi connectivity index (χ3v) is 2.69. The first kappa shape index (κ1) is 11.2. The number of hydrogen-bond donors (Lipinski definition) is 0. The van der Waals surface area contributed by atoms with Crippen LogP contribution >= 0.6 is 15.9 Å². The largest absolute Gasteiger partial charge is 0.465 e. The summed E-state index contributed by atoms with van der Waals surface area (Å²) in [4.78, 5) is 11.1. The van der Waals surface area contributed by atoms with Gasteiger partial charge in [-0.1, -0.05) is 22.9 Å². The molecule has 0 aliphatic carbocycles. The Morgan fingerprint density at radius 3 is 2.71 bits per heavy atom. The van der Waals surface area contributed by atoms with Gasteiger partial charge in [0, 0.05) is 10.0 Å². The number of esters is 1. The number of methoxy groups -OCH3 is 1. The number of carbonyl (C=O) groups is 1. The van der Waals surface area contributed by atoms with E-state index in [0.717, 1.165) is 0 Å². The van der Waals surface area contributed by atoms with Crippen LogP contribution in [0.15, 0.2) is 16.6 Å². The molecule has 0 aromatic heterocycles. The molecule has 0 fully saturated rings. The van der Waals surface area contributed by atoms with E-state index in [1.807, 2.05) is 6.92 Å². The van der Waals surface area contributed by atoms with Gasteiger partial charge in [-0.3, -0.25) is 0 Å².